The van der Waals surface area contributed by atoms with Gasteiger partial charge >= 0.3 is 0 Å². The number of hydrogen-bond donors (Lipinski definition) is 0. The van der Waals surface area contributed by atoms with Crippen LogP contribution < -0.4 is 4.90 Å². The summed E-state index contributed by atoms with van der Waals surface area (Å²) in [7, 11) is 0. The van der Waals surface area contributed by atoms with E-state index in [1.807, 2.05) is 0 Å². The summed E-state index contributed by atoms with van der Waals surface area (Å²) in [5.74, 6) is 2.60. The zero-order valence-electron chi connectivity index (χ0n) is 12.2. The molecule has 0 N–H and O–H groups in total. The number of aryl methyl sites for hydroxylation is 1. The highest BCUT2D eigenvalue weighted by Crippen LogP contribution is 2.25. The van der Waals surface area contributed by atoms with Crippen molar-refractivity contribution < 1.29 is 0 Å². The fourth-order valence-corrected chi connectivity index (χ4v) is 3.27. The number of hydrogen-bond acceptors (Lipinski definition) is 2. The van der Waals surface area contributed by atoms with E-state index in [1.54, 1.807) is 0 Å². The molecule has 1 aromatic rings. The molecule has 1 unspecified atom stereocenters. The summed E-state index contributed by atoms with van der Waals surface area (Å²) < 4.78 is 0. The maximum absolute atomic E-state index is 5.90. The number of nitrogens with zero attached hydrogens (tertiary/aromatic N) is 2. The molecule has 0 saturated carbocycles. The monoisotopic (exact) mass is 280 g/mol. The summed E-state index contributed by atoms with van der Waals surface area (Å²) in [4.78, 5) is 7.17. The maximum Gasteiger partial charge on any atom is 0.128 e. The van der Waals surface area contributed by atoms with E-state index >= 15 is 0 Å². The number of pyridine rings is 1. The minimum atomic E-state index is 0.553. The van der Waals surface area contributed by atoms with Crippen LogP contribution in [0, 0.1) is 12.8 Å². The zero-order chi connectivity index (χ0) is 13.7. The van der Waals surface area contributed by atoms with Gasteiger partial charge in [-0.3, -0.25) is 0 Å². The largest absolute Gasteiger partial charge is 0.357 e. The van der Waals surface area contributed by atoms with Crippen LogP contribution in [0.15, 0.2) is 12.1 Å². The van der Waals surface area contributed by atoms with Crippen molar-refractivity contribution in [2.24, 2.45) is 5.92 Å². The Kier molecular flexibility index (Phi) is 5.50. The van der Waals surface area contributed by atoms with Crippen LogP contribution in [-0.2, 0) is 5.88 Å². The van der Waals surface area contributed by atoms with E-state index in [0.717, 1.165) is 36.1 Å². The van der Waals surface area contributed by atoms with Crippen LogP contribution in [0.5, 0.6) is 0 Å². The fraction of sp³-hybridized carbons (Fsp3) is 0.688. The summed E-state index contributed by atoms with van der Waals surface area (Å²) in [6.45, 7) is 6.64. The van der Waals surface area contributed by atoms with Crippen molar-refractivity contribution in [1.29, 1.82) is 0 Å². The summed E-state index contributed by atoms with van der Waals surface area (Å²) in [5, 5.41) is 0. The molecule has 0 amide bonds. The first-order valence-electron chi connectivity index (χ1n) is 7.52. The molecule has 106 valence electrons. The molecule has 1 aliphatic rings. The van der Waals surface area contributed by atoms with Gasteiger partial charge in [0.05, 0.1) is 0 Å². The average Bonchev–Trinajstić information content (AvgIpc) is 2.65. The second-order valence-corrected chi connectivity index (χ2v) is 5.89. The summed E-state index contributed by atoms with van der Waals surface area (Å²) in [6.07, 6.45) is 6.68. The van der Waals surface area contributed by atoms with Crippen LogP contribution >= 0.6 is 11.6 Å². The molecule has 1 aliphatic heterocycles. The maximum atomic E-state index is 5.90. The van der Waals surface area contributed by atoms with E-state index in [0.29, 0.717) is 5.88 Å². The Hall–Kier alpha value is -0.760. The third kappa shape index (κ3) is 3.85. The van der Waals surface area contributed by atoms with E-state index in [1.165, 1.54) is 32.1 Å². The van der Waals surface area contributed by atoms with Gasteiger partial charge < -0.3 is 4.90 Å². The molecule has 2 nitrogen and oxygen atoms in total. The molecular weight excluding hydrogens is 256 g/mol. The highest BCUT2D eigenvalue weighted by atomic mass is 35.5. The van der Waals surface area contributed by atoms with Crippen molar-refractivity contribution in [2.45, 2.75) is 51.8 Å². The molecule has 1 atom stereocenters. The van der Waals surface area contributed by atoms with Gasteiger partial charge in [-0.2, -0.15) is 0 Å². The fourth-order valence-electron chi connectivity index (χ4n) is 2.99. The van der Waals surface area contributed by atoms with Gasteiger partial charge in [0.15, 0.2) is 0 Å². The van der Waals surface area contributed by atoms with E-state index < -0.39 is 0 Å². The zero-order valence-corrected chi connectivity index (χ0v) is 12.9. The molecule has 2 heterocycles. The van der Waals surface area contributed by atoms with Gasteiger partial charge in [-0.15, -0.1) is 11.6 Å². The first-order valence-corrected chi connectivity index (χ1v) is 8.05. The normalized spacial score (nSPS) is 20.4. The third-order valence-electron chi connectivity index (χ3n) is 4.19. The van der Waals surface area contributed by atoms with E-state index in [2.05, 4.69) is 30.9 Å². The van der Waals surface area contributed by atoms with Gasteiger partial charge in [0, 0.05) is 24.7 Å². The molecule has 0 radical (unpaired) electrons. The standard InChI is InChI=1S/C16H25ClN2/c1-3-5-14-6-4-10-19(11-9-14)16-8-7-15(12-17)13(2)18-16/h7-8,14H,3-6,9-12H2,1-2H3. The molecular formula is C16H25ClN2. The summed E-state index contributed by atoms with van der Waals surface area (Å²) in [5.41, 5.74) is 2.21. The molecule has 0 aromatic carbocycles. The van der Waals surface area contributed by atoms with Crippen molar-refractivity contribution in [3.8, 4) is 0 Å². The van der Waals surface area contributed by atoms with Crippen molar-refractivity contribution in [3.05, 3.63) is 23.4 Å². The van der Waals surface area contributed by atoms with Gasteiger partial charge in [-0.25, -0.2) is 4.98 Å². The van der Waals surface area contributed by atoms with E-state index in [-0.39, 0.29) is 0 Å². The predicted molar refractivity (Wildman–Crippen MR) is 83.0 cm³/mol. The lowest BCUT2D eigenvalue weighted by atomic mass is 9.96. The number of halogens is 1. The molecule has 1 fully saturated rings. The smallest absolute Gasteiger partial charge is 0.128 e. The Morgan fingerprint density at radius 2 is 2.16 bits per heavy atom. The second-order valence-electron chi connectivity index (χ2n) is 5.62. The van der Waals surface area contributed by atoms with Gasteiger partial charge in [-0.1, -0.05) is 25.8 Å². The molecule has 1 saturated heterocycles. The number of aromatic nitrogens is 1. The minimum absolute atomic E-state index is 0.553. The minimum Gasteiger partial charge on any atom is -0.357 e. The van der Waals surface area contributed by atoms with Crippen LogP contribution in [0.1, 0.15) is 50.3 Å². The Bertz CT molecular complexity index is 406. The number of anilines is 1. The van der Waals surface area contributed by atoms with E-state index in [9.17, 15) is 0 Å². The lowest BCUT2D eigenvalue weighted by molar-refractivity contribution is 0.435. The van der Waals surface area contributed by atoms with Gasteiger partial charge in [-0.05, 0) is 43.7 Å². The molecule has 3 heteroatoms. The second kappa shape index (κ2) is 7.14. The van der Waals surface area contributed by atoms with Crippen LogP contribution in [-0.4, -0.2) is 18.1 Å². The topological polar surface area (TPSA) is 16.1 Å². The van der Waals surface area contributed by atoms with Crippen molar-refractivity contribution >= 4 is 17.4 Å². The molecule has 0 aliphatic carbocycles. The average molecular weight is 281 g/mol. The first kappa shape index (κ1) is 14.6. The Balaban J connectivity index is 2.03. The Labute approximate surface area is 122 Å². The van der Waals surface area contributed by atoms with Gasteiger partial charge in [0.2, 0.25) is 0 Å². The molecule has 19 heavy (non-hydrogen) atoms. The predicted octanol–water partition coefficient (Wildman–Crippen LogP) is 4.54. The SMILES string of the molecule is CCCC1CCCN(c2ccc(CCl)c(C)n2)CC1. The van der Waals surface area contributed by atoms with Crippen LogP contribution in [0.3, 0.4) is 0 Å². The Morgan fingerprint density at radius 1 is 1.32 bits per heavy atom. The molecule has 2 rings (SSSR count). The first-order chi connectivity index (χ1) is 9.24. The Morgan fingerprint density at radius 3 is 2.84 bits per heavy atom. The lowest BCUT2D eigenvalue weighted by Crippen LogP contribution is -2.25. The number of alkyl halides is 1. The third-order valence-corrected chi connectivity index (χ3v) is 4.48. The van der Waals surface area contributed by atoms with E-state index in [4.69, 9.17) is 16.6 Å². The molecule has 1 aromatic heterocycles. The van der Waals surface area contributed by atoms with Crippen LogP contribution in [0.4, 0.5) is 5.82 Å². The summed E-state index contributed by atoms with van der Waals surface area (Å²) in [6, 6.07) is 4.25. The lowest BCUT2D eigenvalue weighted by Gasteiger charge is -2.22. The van der Waals surface area contributed by atoms with Crippen LogP contribution in [0.25, 0.3) is 0 Å². The highest BCUT2D eigenvalue weighted by molar-refractivity contribution is 6.17. The molecule has 0 bridgehead atoms. The van der Waals surface area contributed by atoms with Crippen molar-refractivity contribution in [3.63, 3.8) is 0 Å². The highest BCUT2D eigenvalue weighted by Gasteiger charge is 2.17. The quantitative estimate of drug-likeness (QED) is 0.753. The van der Waals surface area contributed by atoms with Crippen molar-refractivity contribution in [1.82, 2.24) is 4.98 Å². The van der Waals surface area contributed by atoms with Crippen molar-refractivity contribution in [2.75, 3.05) is 18.0 Å². The van der Waals surface area contributed by atoms with Gasteiger partial charge in [0.1, 0.15) is 5.82 Å². The summed E-state index contributed by atoms with van der Waals surface area (Å²) >= 11 is 5.90. The van der Waals surface area contributed by atoms with Gasteiger partial charge in [0.25, 0.3) is 0 Å². The van der Waals surface area contributed by atoms with Crippen LogP contribution in [0.2, 0.25) is 0 Å². The molecule has 0 spiro atoms. The number of rotatable bonds is 4.